The molecule has 0 spiro atoms. The minimum atomic E-state index is -0.0530. The van der Waals surface area contributed by atoms with E-state index in [9.17, 15) is 9.59 Å². The van der Waals surface area contributed by atoms with Crippen molar-refractivity contribution >= 4 is 28.6 Å². The van der Waals surface area contributed by atoms with Crippen molar-refractivity contribution in [1.29, 1.82) is 0 Å². The number of carbonyl (C=O) groups excluding carboxylic acids is 1. The standard InChI is InChI=1S/C23H32N4O3S/c28-21(24-16-18-8-6-15-30-18)17-31-23-25-20-10-3-2-9-19(20)22(29)27(23)14-7-13-26-11-4-1-5-12-26/h2-3,9-10,18H,1,4-8,11-17H2,(H,24,28)/t18-/m0/s1. The summed E-state index contributed by atoms with van der Waals surface area (Å²) in [6.45, 7) is 5.24. The topological polar surface area (TPSA) is 76.5 Å². The Hall–Kier alpha value is -1.90. The van der Waals surface area contributed by atoms with Crippen molar-refractivity contribution in [3.05, 3.63) is 34.6 Å². The highest BCUT2D eigenvalue weighted by Crippen LogP contribution is 2.19. The van der Waals surface area contributed by atoms with Crippen LogP contribution in [0, 0.1) is 0 Å². The number of likely N-dealkylation sites (tertiary alicyclic amines) is 1. The summed E-state index contributed by atoms with van der Waals surface area (Å²) in [5.74, 6) is 0.187. The van der Waals surface area contributed by atoms with Crippen LogP contribution in [0.2, 0.25) is 0 Å². The number of carbonyl (C=O) groups is 1. The molecule has 4 rings (SSSR count). The number of hydrogen-bond acceptors (Lipinski definition) is 6. The summed E-state index contributed by atoms with van der Waals surface area (Å²) in [5, 5.41) is 4.20. The Kier molecular flexibility index (Phi) is 7.99. The Morgan fingerprint density at radius 1 is 1.16 bits per heavy atom. The molecule has 1 aromatic carbocycles. The van der Waals surface area contributed by atoms with Crippen LogP contribution >= 0.6 is 11.8 Å². The zero-order chi connectivity index (χ0) is 21.5. The van der Waals surface area contributed by atoms with E-state index in [1.54, 1.807) is 4.57 Å². The number of fused-ring (bicyclic) bond motifs is 1. The Balaban J connectivity index is 1.41. The second-order valence-corrected chi connectivity index (χ2v) is 9.29. The monoisotopic (exact) mass is 444 g/mol. The number of rotatable bonds is 9. The highest BCUT2D eigenvalue weighted by molar-refractivity contribution is 7.99. The molecule has 3 heterocycles. The van der Waals surface area contributed by atoms with E-state index in [0.29, 0.717) is 29.1 Å². The maximum atomic E-state index is 13.2. The Morgan fingerprint density at radius 2 is 2.00 bits per heavy atom. The highest BCUT2D eigenvalue weighted by atomic mass is 32.2. The van der Waals surface area contributed by atoms with E-state index in [-0.39, 0.29) is 23.3 Å². The fraction of sp³-hybridized carbons (Fsp3) is 0.609. The third kappa shape index (κ3) is 6.08. The summed E-state index contributed by atoms with van der Waals surface area (Å²) in [6, 6.07) is 7.44. The van der Waals surface area contributed by atoms with Gasteiger partial charge in [-0.25, -0.2) is 4.98 Å². The number of benzene rings is 1. The Bertz CT molecular complexity index is 936. The molecule has 0 bridgehead atoms. The van der Waals surface area contributed by atoms with Gasteiger partial charge in [0.15, 0.2) is 5.16 Å². The van der Waals surface area contributed by atoms with Gasteiger partial charge in [-0.1, -0.05) is 30.3 Å². The largest absolute Gasteiger partial charge is 0.376 e. The minimum absolute atomic E-state index is 0.0218. The number of aromatic nitrogens is 2. The smallest absolute Gasteiger partial charge is 0.262 e. The van der Waals surface area contributed by atoms with Gasteiger partial charge >= 0.3 is 0 Å². The van der Waals surface area contributed by atoms with Gasteiger partial charge in [0.1, 0.15) is 0 Å². The molecule has 2 aliphatic heterocycles. The summed E-state index contributed by atoms with van der Waals surface area (Å²) in [4.78, 5) is 32.7. The number of amides is 1. The molecule has 2 fully saturated rings. The van der Waals surface area contributed by atoms with Crippen LogP contribution in [0.4, 0.5) is 0 Å². The van der Waals surface area contributed by atoms with Gasteiger partial charge in [0.05, 0.1) is 22.8 Å². The van der Waals surface area contributed by atoms with E-state index in [0.717, 1.165) is 45.5 Å². The molecule has 1 atom stereocenters. The normalized spacial score (nSPS) is 19.7. The third-order valence-corrected chi connectivity index (χ3v) is 6.99. The van der Waals surface area contributed by atoms with Crippen molar-refractivity contribution in [3.63, 3.8) is 0 Å². The van der Waals surface area contributed by atoms with E-state index < -0.39 is 0 Å². The van der Waals surface area contributed by atoms with Crippen molar-refractivity contribution in [2.75, 3.05) is 38.5 Å². The number of nitrogens with one attached hydrogen (secondary N) is 1. The van der Waals surface area contributed by atoms with Crippen LogP contribution < -0.4 is 10.9 Å². The van der Waals surface area contributed by atoms with Gasteiger partial charge in [-0.3, -0.25) is 14.2 Å². The third-order valence-electron chi connectivity index (χ3n) is 6.01. The molecule has 0 radical (unpaired) electrons. The second kappa shape index (κ2) is 11.1. The van der Waals surface area contributed by atoms with Crippen molar-refractivity contribution < 1.29 is 9.53 Å². The van der Waals surface area contributed by atoms with Crippen LogP contribution in [0.3, 0.4) is 0 Å². The van der Waals surface area contributed by atoms with Crippen molar-refractivity contribution in [2.24, 2.45) is 0 Å². The number of hydrogen-bond donors (Lipinski definition) is 1. The highest BCUT2D eigenvalue weighted by Gasteiger charge is 2.18. The molecule has 1 N–H and O–H groups in total. The van der Waals surface area contributed by atoms with Gasteiger partial charge in [-0.05, 0) is 63.9 Å². The number of ether oxygens (including phenoxy) is 1. The first-order valence-electron chi connectivity index (χ1n) is 11.4. The van der Waals surface area contributed by atoms with Crippen LogP contribution in [-0.4, -0.2) is 65.0 Å². The molecule has 0 aliphatic carbocycles. The fourth-order valence-electron chi connectivity index (χ4n) is 4.30. The van der Waals surface area contributed by atoms with Gasteiger partial charge in [-0.2, -0.15) is 0 Å². The molecule has 2 aromatic rings. The van der Waals surface area contributed by atoms with Crippen molar-refractivity contribution in [2.45, 2.75) is 56.3 Å². The zero-order valence-electron chi connectivity index (χ0n) is 18.1. The first-order valence-corrected chi connectivity index (χ1v) is 12.4. The minimum Gasteiger partial charge on any atom is -0.376 e. The van der Waals surface area contributed by atoms with Crippen LogP contribution in [0.15, 0.2) is 34.2 Å². The molecule has 2 saturated heterocycles. The van der Waals surface area contributed by atoms with Crippen molar-refractivity contribution in [3.8, 4) is 0 Å². The number of para-hydroxylation sites is 1. The average Bonchev–Trinajstić information content (AvgIpc) is 3.32. The molecular formula is C23H32N4O3S. The molecule has 7 nitrogen and oxygen atoms in total. The molecule has 1 amide bonds. The Morgan fingerprint density at radius 3 is 2.81 bits per heavy atom. The molecule has 168 valence electrons. The summed E-state index contributed by atoms with van der Waals surface area (Å²) in [5.41, 5.74) is 0.661. The first-order chi connectivity index (χ1) is 15.2. The predicted octanol–water partition coefficient (Wildman–Crippen LogP) is 2.66. The molecule has 31 heavy (non-hydrogen) atoms. The van der Waals surface area contributed by atoms with E-state index in [1.165, 1.54) is 31.0 Å². The molecular weight excluding hydrogens is 412 g/mol. The van der Waals surface area contributed by atoms with E-state index in [2.05, 4.69) is 10.2 Å². The lowest BCUT2D eigenvalue weighted by atomic mass is 10.1. The van der Waals surface area contributed by atoms with Gasteiger partial charge in [0, 0.05) is 19.7 Å². The zero-order valence-corrected chi connectivity index (χ0v) is 18.9. The number of nitrogens with zero attached hydrogens (tertiary/aromatic N) is 3. The molecule has 0 saturated carbocycles. The van der Waals surface area contributed by atoms with Crippen LogP contribution in [0.1, 0.15) is 38.5 Å². The average molecular weight is 445 g/mol. The van der Waals surface area contributed by atoms with Gasteiger partial charge in [0.2, 0.25) is 5.91 Å². The quantitative estimate of drug-likeness (QED) is 0.473. The van der Waals surface area contributed by atoms with Crippen LogP contribution in [0.25, 0.3) is 10.9 Å². The van der Waals surface area contributed by atoms with Crippen molar-refractivity contribution in [1.82, 2.24) is 19.8 Å². The molecule has 1 aromatic heterocycles. The van der Waals surface area contributed by atoms with Gasteiger partial charge < -0.3 is 15.0 Å². The summed E-state index contributed by atoms with van der Waals surface area (Å²) >= 11 is 1.34. The van der Waals surface area contributed by atoms with E-state index >= 15 is 0 Å². The summed E-state index contributed by atoms with van der Waals surface area (Å²) in [6.07, 6.45) is 6.93. The van der Waals surface area contributed by atoms with Crippen LogP contribution in [-0.2, 0) is 16.1 Å². The lowest BCUT2D eigenvalue weighted by Crippen LogP contribution is -2.33. The second-order valence-electron chi connectivity index (χ2n) is 8.35. The summed E-state index contributed by atoms with van der Waals surface area (Å²) in [7, 11) is 0. The van der Waals surface area contributed by atoms with Gasteiger partial charge in [0.25, 0.3) is 5.56 Å². The molecule has 0 unspecified atom stereocenters. The number of thioether (sulfide) groups is 1. The lowest BCUT2D eigenvalue weighted by Gasteiger charge is -2.26. The first kappa shape index (κ1) is 22.3. The maximum Gasteiger partial charge on any atom is 0.262 e. The maximum absolute atomic E-state index is 13.2. The SMILES string of the molecule is O=C(CSc1nc2ccccc2c(=O)n1CCCN1CCCCC1)NC[C@@H]1CCCO1. The van der Waals surface area contributed by atoms with Crippen LogP contribution in [0.5, 0.6) is 0 Å². The molecule has 8 heteroatoms. The van der Waals surface area contributed by atoms with E-state index in [1.807, 2.05) is 24.3 Å². The lowest BCUT2D eigenvalue weighted by molar-refractivity contribution is -0.119. The van der Waals surface area contributed by atoms with E-state index in [4.69, 9.17) is 9.72 Å². The van der Waals surface area contributed by atoms with Gasteiger partial charge in [-0.15, -0.1) is 0 Å². The predicted molar refractivity (Wildman–Crippen MR) is 124 cm³/mol. The molecule has 2 aliphatic rings. The summed E-state index contributed by atoms with van der Waals surface area (Å²) < 4.78 is 7.31. The Labute approximate surface area is 187 Å². The number of piperidine rings is 1. The fourth-order valence-corrected chi connectivity index (χ4v) is 5.16.